The molecule has 1 aliphatic carbocycles. The van der Waals surface area contributed by atoms with Crippen LogP contribution in [0, 0.1) is 12.3 Å². The molecule has 5 heteroatoms. The van der Waals surface area contributed by atoms with Crippen molar-refractivity contribution in [2.24, 2.45) is 11.1 Å². The first kappa shape index (κ1) is 13.0. The van der Waals surface area contributed by atoms with Crippen LogP contribution >= 0.6 is 12.2 Å². The van der Waals surface area contributed by atoms with Crippen LogP contribution in [0.1, 0.15) is 31.2 Å². The second kappa shape index (κ2) is 5.02. The monoisotopic (exact) mass is 263 g/mol. The summed E-state index contributed by atoms with van der Waals surface area (Å²) in [6.45, 7) is 1.93. The highest BCUT2D eigenvalue weighted by molar-refractivity contribution is 7.80. The van der Waals surface area contributed by atoms with E-state index in [-0.39, 0.29) is 5.91 Å². The fraction of sp³-hybridized carbons (Fsp3) is 0.462. The number of amides is 1. The van der Waals surface area contributed by atoms with Crippen molar-refractivity contribution in [3.63, 3.8) is 0 Å². The largest absolute Gasteiger partial charge is 0.392 e. The van der Waals surface area contributed by atoms with Gasteiger partial charge >= 0.3 is 0 Å². The Hall–Kier alpha value is -1.49. The van der Waals surface area contributed by atoms with Gasteiger partial charge in [0.2, 0.25) is 5.91 Å². The summed E-state index contributed by atoms with van der Waals surface area (Å²) < 4.78 is 0. The van der Waals surface area contributed by atoms with E-state index in [1.54, 1.807) is 12.4 Å². The fourth-order valence-electron chi connectivity index (χ4n) is 2.44. The van der Waals surface area contributed by atoms with Gasteiger partial charge in [-0.1, -0.05) is 25.1 Å². The number of aromatic nitrogens is 1. The molecule has 18 heavy (non-hydrogen) atoms. The van der Waals surface area contributed by atoms with E-state index in [1.807, 2.05) is 13.0 Å². The zero-order valence-corrected chi connectivity index (χ0v) is 11.2. The molecule has 1 aliphatic rings. The summed E-state index contributed by atoms with van der Waals surface area (Å²) in [4.78, 5) is 16.7. The van der Waals surface area contributed by atoms with Gasteiger partial charge in [0.15, 0.2) is 0 Å². The first-order valence-electron chi connectivity index (χ1n) is 6.08. The highest BCUT2D eigenvalue weighted by atomic mass is 32.1. The summed E-state index contributed by atoms with van der Waals surface area (Å²) in [6.07, 6.45) is 6.86. The summed E-state index contributed by atoms with van der Waals surface area (Å²) in [7, 11) is 0. The Bertz CT molecular complexity index is 481. The van der Waals surface area contributed by atoms with E-state index in [9.17, 15) is 4.79 Å². The van der Waals surface area contributed by atoms with Crippen LogP contribution in [0.5, 0.6) is 0 Å². The maximum Gasteiger partial charge on any atom is 0.237 e. The highest BCUT2D eigenvalue weighted by Crippen LogP contribution is 2.39. The molecule has 0 radical (unpaired) electrons. The molecule has 0 aromatic carbocycles. The highest BCUT2D eigenvalue weighted by Gasteiger charge is 2.43. The van der Waals surface area contributed by atoms with Gasteiger partial charge in [-0.2, -0.15) is 0 Å². The van der Waals surface area contributed by atoms with Crippen molar-refractivity contribution >= 4 is 28.8 Å². The second-order valence-corrected chi connectivity index (χ2v) is 5.30. The number of carbonyl (C=O) groups is 1. The van der Waals surface area contributed by atoms with E-state index in [1.165, 1.54) is 0 Å². The number of nitrogens with two attached hydrogens (primary N) is 1. The molecular formula is C13H17N3OS. The van der Waals surface area contributed by atoms with Gasteiger partial charge in [-0.05, 0) is 31.4 Å². The van der Waals surface area contributed by atoms with Crippen LogP contribution in [-0.4, -0.2) is 15.9 Å². The summed E-state index contributed by atoms with van der Waals surface area (Å²) in [6, 6.07) is 1.88. The van der Waals surface area contributed by atoms with Crippen LogP contribution in [0.4, 0.5) is 5.69 Å². The lowest BCUT2D eigenvalue weighted by Gasteiger charge is -2.26. The molecular weight excluding hydrogens is 246 g/mol. The minimum atomic E-state index is -0.668. The van der Waals surface area contributed by atoms with Gasteiger partial charge in [0.25, 0.3) is 0 Å². The van der Waals surface area contributed by atoms with Gasteiger partial charge in [-0.15, -0.1) is 0 Å². The zero-order chi connectivity index (χ0) is 13.2. The SMILES string of the molecule is Cc1cncc(NC(=O)C2(C(N)=S)CCCC2)c1. The van der Waals surface area contributed by atoms with Gasteiger partial charge in [-0.3, -0.25) is 9.78 Å². The molecule has 1 amide bonds. The van der Waals surface area contributed by atoms with Gasteiger partial charge in [0.05, 0.1) is 22.3 Å². The van der Waals surface area contributed by atoms with Crippen LogP contribution in [0.3, 0.4) is 0 Å². The molecule has 0 bridgehead atoms. The van der Waals surface area contributed by atoms with E-state index < -0.39 is 5.41 Å². The molecule has 1 saturated carbocycles. The molecule has 96 valence electrons. The molecule has 0 saturated heterocycles. The Balaban J connectivity index is 2.18. The molecule has 0 spiro atoms. The van der Waals surface area contributed by atoms with Crippen molar-refractivity contribution in [3.05, 3.63) is 24.0 Å². The summed E-state index contributed by atoms with van der Waals surface area (Å²) in [5, 5.41) is 2.88. The van der Waals surface area contributed by atoms with Crippen molar-refractivity contribution in [3.8, 4) is 0 Å². The van der Waals surface area contributed by atoms with Gasteiger partial charge in [0.1, 0.15) is 0 Å². The van der Waals surface area contributed by atoms with Gasteiger partial charge < -0.3 is 11.1 Å². The first-order chi connectivity index (χ1) is 8.54. The number of nitrogens with one attached hydrogen (secondary N) is 1. The van der Waals surface area contributed by atoms with Crippen molar-refractivity contribution in [1.82, 2.24) is 4.98 Å². The van der Waals surface area contributed by atoms with Crippen LogP contribution in [0.15, 0.2) is 18.5 Å². The van der Waals surface area contributed by atoms with Crippen LogP contribution in [0.25, 0.3) is 0 Å². The van der Waals surface area contributed by atoms with Crippen molar-refractivity contribution < 1.29 is 4.79 Å². The zero-order valence-electron chi connectivity index (χ0n) is 10.4. The van der Waals surface area contributed by atoms with E-state index in [0.29, 0.717) is 10.7 Å². The Labute approximate surface area is 112 Å². The lowest BCUT2D eigenvalue weighted by molar-refractivity contribution is -0.122. The molecule has 1 heterocycles. The van der Waals surface area contributed by atoms with E-state index in [2.05, 4.69) is 10.3 Å². The number of pyridine rings is 1. The number of nitrogens with zero attached hydrogens (tertiary/aromatic N) is 1. The Morgan fingerprint density at radius 1 is 1.44 bits per heavy atom. The fourth-order valence-corrected chi connectivity index (χ4v) is 2.73. The normalized spacial score (nSPS) is 17.4. The van der Waals surface area contributed by atoms with Crippen LogP contribution in [-0.2, 0) is 4.79 Å². The number of anilines is 1. The number of aryl methyl sites for hydroxylation is 1. The average molecular weight is 263 g/mol. The van der Waals surface area contributed by atoms with Crippen LogP contribution < -0.4 is 11.1 Å². The molecule has 4 nitrogen and oxygen atoms in total. The van der Waals surface area contributed by atoms with E-state index in [4.69, 9.17) is 18.0 Å². The van der Waals surface area contributed by atoms with Crippen LogP contribution in [0.2, 0.25) is 0 Å². The third kappa shape index (κ3) is 2.36. The smallest absolute Gasteiger partial charge is 0.237 e. The molecule has 2 rings (SSSR count). The number of carbonyl (C=O) groups excluding carboxylic acids is 1. The van der Waals surface area contributed by atoms with Gasteiger partial charge in [-0.25, -0.2) is 0 Å². The Kier molecular flexibility index (Phi) is 3.61. The lowest BCUT2D eigenvalue weighted by Crippen LogP contribution is -2.43. The van der Waals surface area contributed by atoms with Gasteiger partial charge in [0, 0.05) is 6.20 Å². The molecule has 1 aromatic rings. The maximum atomic E-state index is 12.4. The number of rotatable bonds is 3. The summed E-state index contributed by atoms with van der Waals surface area (Å²) >= 11 is 5.09. The Morgan fingerprint density at radius 2 is 2.11 bits per heavy atom. The Morgan fingerprint density at radius 3 is 2.67 bits per heavy atom. The molecule has 0 aliphatic heterocycles. The topological polar surface area (TPSA) is 68.0 Å². The maximum absolute atomic E-state index is 12.4. The molecule has 0 atom stereocenters. The summed E-state index contributed by atoms with van der Waals surface area (Å²) in [5.41, 5.74) is 6.80. The first-order valence-corrected chi connectivity index (χ1v) is 6.48. The average Bonchev–Trinajstić information content (AvgIpc) is 2.79. The predicted molar refractivity (Wildman–Crippen MR) is 75.3 cm³/mol. The third-order valence-electron chi connectivity index (χ3n) is 3.50. The number of hydrogen-bond acceptors (Lipinski definition) is 3. The molecule has 0 unspecified atom stereocenters. The third-order valence-corrected chi connectivity index (χ3v) is 3.89. The van der Waals surface area contributed by atoms with E-state index >= 15 is 0 Å². The standard InChI is InChI=1S/C13H17N3OS/c1-9-6-10(8-15-7-9)16-12(17)13(11(14)18)4-2-3-5-13/h6-8H,2-5H2,1H3,(H2,14,18)(H,16,17). The minimum Gasteiger partial charge on any atom is -0.392 e. The number of hydrogen-bond donors (Lipinski definition) is 2. The summed E-state index contributed by atoms with van der Waals surface area (Å²) in [5.74, 6) is -0.0973. The molecule has 1 fully saturated rings. The molecule has 1 aromatic heterocycles. The van der Waals surface area contributed by atoms with Crippen molar-refractivity contribution in [2.75, 3.05) is 5.32 Å². The number of thiocarbonyl (C=S) groups is 1. The lowest BCUT2D eigenvalue weighted by atomic mass is 9.85. The predicted octanol–water partition coefficient (Wildman–Crippen LogP) is 2.18. The molecule has 3 N–H and O–H groups in total. The second-order valence-electron chi connectivity index (χ2n) is 4.86. The van der Waals surface area contributed by atoms with E-state index in [0.717, 1.165) is 31.2 Å². The van der Waals surface area contributed by atoms with Crippen molar-refractivity contribution in [2.45, 2.75) is 32.6 Å². The minimum absolute atomic E-state index is 0.0973. The quantitative estimate of drug-likeness (QED) is 0.820. The van der Waals surface area contributed by atoms with Crippen molar-refractivity contribution in [1.29, 1.82) is 0 Å².